The van der Waals surface area contributed by atoms with Crippen LogP contribution < -0.4 is 5.32 Å². The highest BCUT2D eigenvalue weighted by Crippen LogP contribution is 2.32. The summed E-state index contributed by atoms with van der Waals surface area (Å²) < 4.78 is 24.5. The zero-order valence-electron chi connectivity index (χ0n) is 14.1. The lowest BCUT2D eigenvalue weighted by Crippen LogP contribution is -2.11. The fourth-order valence-corrected chi connectivity index (χ4v) is 2.69. The second kappa shape index (κ2) is 8.47. The van der Waals surface area contributed by atoms with Crippen LogP contribution in [0.5, 0.6) is 0 Å². The molecule has 3 rings (SSSR count). The van der Waals surface area contributed by atoms with Crippen LogP contribution in [0.15, 0.2) is 36.5 Å². The summed E-state index contributed by atoms with van der Waals surface area (Å²) in [5.74, 6) is -1.18. The standard InChI is InChI=1S/C18H14Cl2FN3O3/c1-26-15(25)9-27-8-10-2-3-11(19)16(21)17(10)23-13-6-7-22-12-4-5-14(20)24-18(12)13/h2-7H,8-9H2,1H3,(H,22,23). The molecule has 0 amide bonds. The third-order valence-electron chi connectivity index (χ3n) is 3.70. The average Bonchev–Trinajstić information content (AvgIpc) is 2.67. The maximum Gasteiger partial charge on any atom is 0.331 e. The first-order valence-electron chi connectivity index (χ1n) is 7.79. The van der Waals surface area contributed by atoms with E-state index in [1.165, 1.54) is 13.2 Å². The van der Waals surface area contributed by atoms with E-state index in [-0.39, 0.29) is 29.1 Å². The molecule has 0 unspecified atom stereocenters. The summed E-state index contributed by atoms with van der Waals surface area (Å²) in [6, 6.07) is 8.00. The molecule has 9 heteroatoms. The molecule has 0 radical (unpaired) electrons. The Bertz CT molecular complexity index is 1000. The van der Waals surface area contributed by atoms with E-state index < -0.39 is 11.8 Å². The van der Waals surface area contributed by atoms with Gasteiger partial charge in [0.15, 0.2) is 5.82 Å². The van der Waals surface area contributed by atoms with E-state index in [1.54, 1.807) is 30.5 Å². The van der Waals surface area contributed by atoms with Gasteiger partial charge in [-0.3, -0.25) is 4.98 Å². The summed E-state index contributed by atoms with van der Waals surface area (Å²) in [6.07, 6.45) is 1.57. The summed E-state index contributed by atoms with van der Waals surface area (Å²) >= 11 is 11.9. The van der Waals surface area contributed by atoms with E-state index in [1.807, 2.05) is 0 Å². The van der Waals surface area contributed by atoms with Gasteiger partial charge >= 0.3 is 5.97 Å². The molecule has 2 aromatic heterocycles. The Morgan fingerprint density at radius 3 is 2.81 bits per heavy atom. The number of rotatable bonds is 6. The zero-order chi connectivity index (χ0) is 19.4. The number of ether oxygens (including phenoxy) is 2. The third-order valence-corrected chi connectivity index (χ3v) is 4.20. The van der Waals surface area contributed by atoms with Gasteiger partial charge in [0.05, 0.1) is 35.6 Å². The average molecular weight is 410 g/mol. The lowest BCUT2D eigenvalue weighted by Gasteiger charge is -2.15. The molecule has 3 aromatic rings. The molecule has 0 spiro atoms. The first-order valence-corrected chi connectivity index (χ1v) is 8.55. The van der Waals surface area contributed by atoms with E-state index in [4.69, 9.17) is 27.9 Å². The van der Waals surface area contributed by atoms with Crippen molar-refractivity contribution in [2.45, 2.75) is 6.61 Å². The van der Waals surface area contributed by atoms with Crippen molar-refractivity contribution in [1.29, 1.82) is 0 Å². The number of nitrogens with one attached hydrogen (secondary N) is 1. The van der Waals surface area contributed by atoms with Gasteiger partial charge in [0.2, 0.25) is 0 Å². The van der Waals surface area contributed by atoms with Gasteiger partial charge in [0, 0.05) is 11.8 Å². The molecule has 0 saturated carbocycles. The summed E-state index contributed by atoms with van der Waals surface area (Å²) in [7, 11) is 1.26. The van der Waals surface area contributed by atoms with Crippen LogP contribution in [0, 0.1) is 5.82 Å². The predicted molar refractivity (Wildman–Crippen MR) is 101 cm³/mol. The summed E-state index contributed by atoms with van der Waals surface area (Å²) in [5.41, 5.74) is 2.15. The smallest absolute Gasteiger partial charge is 0.331 e. The topological polar surface area (TPSA) is 73.3 Å². The molecule has 0 aliphatic rings. The van der Waals surface area contributed by atoms with Gasteiger partial charge in [-0.1, -0.05) is 29.3 Å². The Morgan fingerprint density at radius 2 is 2.04 bits per heavy atom. The number of benzene rings is 1. The van der Waals surface area contributed by atoms with Gasteiger partial charge in [0.1, 0.15) is 17.3 Å². The number of halogens is 3. The van der Waals surface area contributed by atoms with Crippen LogP contribution in [0.2, 0.25) is 10.2 Å². The van der Waals surface area contributed by atoms with Gasteiger partial charge in [-0.25, -0.2) is 14.2 Å². The fraction of sp³-hybridized carbons (Fsp3) is 0.167. The Kier molecular flexibility index (Phi) is 6.05. The van der Waals surface area contributed by atoms with Gasteiger partial charge in [-0.15, -0.1) is 0 Å². The van der Waals surface area contributed by atoms with Crippen molar-refractivity contribution in [3.8, 4) is 0 Å². The number of fused-ring (bicyclic) bond motifs is 1. The van der Waals surface area contributed by atoms with Gasteiger partial charge in [-0.05, 0) is 24.3 Å². The van der Waals surface area contributed by atoms with Gasteiger partial charge in [0.25, 0.3) is 0 Å². The summed E-state index contributed by atoms with van der Waals surface area (Å²) in [4.78, 5) is 19.6. The van der Waals surface area contributed by atoms with E-state index in [9.17, 15) is 9.18 Å². The Labute approximate surface area is 164 Å². The number of carbonyl (C=O) groups excluding carboxylic acids is 1. The Hall–Kier alpha value is -2.48. The minimum Gasteiger partial charge on any atom is -0.467 e. The number of anilines is 2. The molecule has 140 valence electrons. The van der Waals surface area contributed by atoms with Crippen molar-refractivity contribution in [1.82, 2.24) is 9.97 Å². The summed E-state index contributed by atoms with van der Waals surface area (Å²) in [6.45, 7) is -0.280. The van der Waals surface area contributed by atoms with E-state index in [0.29, 0.717) is 22.3 Å². The van der Waals surface area contributed by atoms with Crippen LogP contribution in [-0.2, 0) is 20.9 Å². The molecule has 6 nitrogen and oxygen atoms in total. The normalized spacial score (nSPS) is 10.8. The highest BCUT2D eigenvalue weighted by atomic mass is 35.5. The van der Waals surface area contributed by atoms with Gasteiger partial charge < -0.3 is 14.8 Å². The number of hydrogen-bond acceptors (Lipinski definition) is 6. The quantitative estimate of drug-likeness (QED) is 0.476. The van der Waals surface area contributed by atoms with Crippen molar-refractivity contribution < 1.29 is 18.7 Å². The molecule has 1 N–H and O–H groups in total. The maximum atomic E-state index is 14.7. The van der Waals surface area contributed by atoms with E-state index in [0.717, 1.165) is 0 Å². The maximum absolute atomic E-state index is 14.7. The number of nitrogens with zero attached hydrogens (tertiary/aromatic N) is 2. The molecule has 0 atom stereocenters. The van der Waals surface area contributed by atoms with Crippen molar-refractivity contribution in [3.63, 3.8) is 0 Å². The van der Waals surface area contributed by atoms with E-state index >= 15 is 0 Å². The molecular formula is C18H14Cl2FN3O3. The largest absolute Gasteiger partial charge is 0.467 e. The van der Waals surface area contributed by atoms with Crippen molar-refractivity contribution in [2.24, 2.45) is 0 Å². The van der Waals surface area contributed by atoms with Crippen molar-refractivity contribution >= 4 is 51.6 Å². The minimum atomic E-state index is -0.650. The lowest BCUT2D eigenvalue weighted by molar-refractivity contribution is -0.146. The summed E-state index contributed by atoms with van der Waals surface area (Å²) in [5, 5.41) is 3.21. The minimum absolute atomic E-state index is 0.0251. The molecular weight excluding hydrogens is 396 g/mol. The van der Waals surface area contributed by atoms with Crippen LogP contribution >= 0.6 is 23.2 Å². The van der Waals surface area contributed by atoms with Crippen LogP contribution in [0.25, 0.3) is 11.0 Å². The molecule has 0 saturated heterocycles. The molecule has 1 aromatic carbocycles. The Morgan fingerprint density at radius 1 is 1.22 bits per heavy atom. The predicted octanol–water partition coefficient (Wildman–Crippen LogP) is 4.51. The lowest BCUT2D eigenvalue weighted by atomic mass is 10.1. The molecule has 0 bridgehead atoms. The number of carbonyl (C=O) groups is 1. The number of aromatic nitrogens is 2. The molecule has 2 heterocycles. The number of pyridine rings is 2. The monoisotopic (exact) mass is 409 g/mol. The zero-order valence-corrected chi connectivity index (χ0v) is 15.6. The van der Waals surface area contributed by atoms with Crippen molar-refractivity contribution in [2.75, 3.05) is 19.0 Å². The number of methoxy groups -OCH3 is 1. The van der Waals surface area contributed by atoms with Crippen LogP contribution in [-0.4, -0.2) is 29.7 Å². The fourth-order valence-electron chi connectivity index (χ4n) is 2.39. The van der Waals surface area contributed by atoms with Crippen LogP contribution in [0.3, 0.4) is 0 Å². The SMILES string of the molecule is COC(=O)COCc1ccc(Cl)c(F)c1Nc1ccnc2ccc(Cl)nc12. The van der Waals surface area contributed by atoms with Crippen LogP contribution in [0.4, 0.5) is 15.8 Å². The second-order valence-electron chi connectivity index (χ2n) is 5.45. The van der Waals surface area contributed by atoms with Crippen LogP contribution in [0.1, 0.15) is 5.56 Å². The highest BCUT2D eigenvalue weighted by molar-refractivity contribution is 6.31. The second-order valence-corrected chi connectivity index (χ2v) is 6.24. The van der Waals surface area contributed by atoms with Gasteiger partial charge in [-0.2, -0.15) is 0 Å². The molecule has 0 fully saturated rings. The van der Waals surface area contributed by atoms with E-state index in [2.05, 4.69) is 20.0 Å². The first-order chi connectivity index (χ1) is 13.0. The molecule has 0 aliphatic carbocycles. The first kappa shape index (κ1) is 19.3. The molecule has 27 heavy (non-hydrogen) atoms. The Balaban J connectivity index is 1.95. The number of hydrogen-bond donors (Lipinski definition) is 1. The molecule has 0 aliphatic heterocycles. The number of esters is 1. The van der Waals surface area contributed by atoms with Crippen molar-refractivity contribution in [3.05, 3.63) is 58.1 Å². The third kappa shape index (κ3) is 4.44. The highest BCUT2D eigenvalue weighted by Gasteiger charge is 2.15.